The molecule has 0 saturated heterocycles. The third-order valence-electron chi connectivity index (χ3n) is 1.22. The molecule has 0 radical (unpaired) electrons. The van der Waals surface area contributed by atoms with Crippen LogP contribution >= 0.6 is 0 Å². The molecule has 1 amide bonds. The van der Waals surface area contributed by atoms with Crippen molar-refractivity contribution < 1.29 is 4.79 Å². The molecule has 64 valence electrons. The molecule has 11 heavy (non-hydrogen) atoms. The van der Waals surface area contributed by atoms with Crippen molar-refractivity contribution in [3.63, 3.8) is 0 Å². The molecule has 0 aliphatic carbocycles. The highest BCUT2D eigenvalue weighted by molar-refractivity contribution is 5.76. The monoisotopic (exact) mass is 155 g/mol. The highest BCUT2D eigenvalue weighted by Gasteiger charge is 1.99. The molecule has 2 nitrogen and oxygen atoms in total. The average molecular weight is 155 g/mol. The van der Waals surface area contributed by atoms with Gasteiger partial charge in [0.15, 0.2) is 0 Å². The van der Waals surface area contributed by atoms with E-state index < -0.39 is 0 Å². The van der Waals surface area contributed by atoms with E-state index >= 15 is 0 Å². The van der Waals surface area contributed by atoms with Crippen LogP contribution in [0.1, 0.15) is 33.6 Å². The van der Waals surface area contributed by atoms with Gasteiger partial charge in [0.2, 0.25) is 5.91 Å². The Morgan fingerprint density at radius 3 is 2.64 bits per heavy atom. The highest BCUT2D eigenvalue weighted by Crippen LogP contribution is 1.91. The SMILES string of the molecule is C/C=C/CCC(=O)NC(C)C. The molecule has 0 aromatic rings. The maximum absolute atomic E-state index is 11.0. The second-order valence-electron chi connectivity index (χ2n) is 2.83. The van der Waals surface area contributed by atoms with Gasteiger partial charge in [-0.3, -0.25) is 4.79 Å². The summed E-state index contributed by atoms with van der Waals surface area (Å²) in [7, 11) is 0. The van der Waals surface area contributed by atoms with E-state index in [2.05, 4.69) is 5.32 Å². The van der Waals surface area contributed by atoms with Crippen LogP contribution in [0.3, 0.4) is 0 Å². The summed E-state index contributed by atoms with van der Waals surface area (Å²) in [6.07, 6.45) is 5.40. The molecule has 0 heterocycles. The summed E-state index contributed by atoms with van der Waals surface area (Å²) in [5.41, 5.74) is 0. The van der Waals surface area contributed by atoms with E-state index in [-0.39, 0.29) is 11.9 Å². The van der Waals surface area contributed by atoms with Gasteiger partial charge in [0.25, 0.3) is 0 Å². The second kappa shape index (κ2) is 5.96. The summed E-state index contributed by atoms with van der Waals surface area (Å²) in [5.74, 6) is 0.137. The van der Waals surface area contributed by atoms with E-state index in [0.717, 1.165) is 6.42 Å². The van der Waals surface area contributed by atoms with Crippen molar-refractivity contribution in [3.8, 4) is 0 Å². The zero-order chi connectivity index (χ0) is 8.69. The fourth-order valence-corrected chi connectivity index (χ4v) is 0.775. The molecular formula is C9H17NO. The lowest BCUT2D eigenvalue weighted by Gasteiger charge is -2.06. The molecule has 0 aromatic carbocycles. The Morgan fingerprint density at radius 2 is 2.18 bits per heavy atom. The van der Waals surface area contributed by atoms with E-state index in [0.29, 0.717) is 6.42 Å². The molecule has 0 spiro atoms. The number of carbonyl (C=O) groups is 1. The van der Waals surface area contributed by atoms with Gasteiger partial charge >= 0.3 is 0 Å². The lowest BCUT2D eigenvalue weighted by atomic mass is 10.2. The summed E-state index contributed by atoms with van der Waals surface area (Å²) in [4.78, 5) is 11.0. The Hall–Kier alpha value is -0.790. The molecule has 0 atom stereocenters. The van der Waals surface area contributed by atoms with Crippen LogP contribution in [0.5, 0.6) is 0 Å². The summed E-state index contributed by atoms with van der Waals surface area (Å²) < 4.78 is 0. The Bertz CT molecular complexity index is 138. The second-order valence-corrected chi connectivity index (χ2v) is 2.83. The van der Waals surface area contributed by atoms with Crippen molar-refractivity contribution in [2.24, 2.45) is 0 Å². The van der Waals surface area contributed by atoms with Crippen molar-refractivity contribution in [2.75, 3.05) is 0 Å². The van der Waals surface area contributed by atoms with Crippen molar-refractivity contribution >= 4 is 5.91 Å². The molecule has 0 aromatic heterocycles. The van der Waals surface area contributed by atoms with Crippen LogP contribution in [-0.4, -0.2) is 11.9 Å². The molecule has 0 aliphatic rings. The first kappa shape index (κ1) is 10.2. The molecular weight excluding hydrogens is 138 g/mol. The van der Waals surface area contributed by atoms with Gasteiger partial charge in [-0.2, -0.15) is 0 Å². The lowest BCUT2D eigenvalue weighted by Crippen LogP contribution is -2.29. The van der Waals surface area contributed by atoms with Gasteiger partial charge in [-0.05, 0) is 27.2 Å². The number of hydrogen-bond acceptors (Lipinski definition) is 1. The normalized spacial score (nSPS) is 10.9. The van der Waals surface area contributed by atoms with Gasteiger partial charge in [-0.25, -0.2) is 0 Å². The quantitative estimate of drug-likeness (QED) is 0.617. The minimum absolute atomic E-state index is 0.137. The number of amides is 1. The van der Waals surface area contributed by atoms with Crippen molar-refractivity contribution in [2.45, 2.75) is 39.7 Å². The van der Waals surface area contributed by atoms with E-state index in [9.17, 15) is 4.79 Å². The minimum Gasteiger partial charge on any atom is -0.354 e. The Kier molecular flexibility index (Phi) is 5.53. The van der Waals surface area contributed by atoms with Gasteiger partial charge in [0.1, 0.15) is 0 Å². The first-order valence-electron chi connectivity index (χ1n) is 4.07. The summed E-state index contributed by atoms with van der Waals surface area (Å²) in [5, 5.41) is 2.83. The Morgan fingerprint density at radius 1 is 1.55 bits per heavy atom. The Labute approximate surface area is 68.7 Å². The van der Waals surface area contributed by atoms with Crippen molar-refractivity contribution in [1.82, 2.24) is 5.32 Å². The van der Waals surface area contributed by atoms with Crippen LogP contribution in [0.4, 0.5) is 0 Å². The van der Waals surface area contributed by atoms with Crippen LogP contribution < -0.4 is 5.32 Å². The topological polar surface area (TPSA) is 29.1 Å². The summed E-state index contributed by atoms with van der Waals surface area (Å²) in [6, 6.07) is 0.258. The maximum atomic E-state index is 11.0. The van der Waals surface area contributed by atoms with Crippen molar-refractivity contribution in [3.05, 3.63) is 12.2 Å². The fraction of sp³-hybridized carbons (Fsp3) is 0.667. The van der Waals surface area contributed by atoms with Crippen LogP contribution in [0.2, 0.25) is 0 Å². The van der Waals surface area contributed by atoms with Gasteiger partial charge < -0.3 is 5.32 Å². The third kappa shape index (κ3) is 7.10. The first-order valence-corrected chi connectivity index (χ1v) is 4.07. The van der Waals surface area contributed by atoms with E-state index in [4.69, 9.17) is 0 Å². The molecule has 0 fully saturated rings. The summed E-state index contributed by atoms with van der Waals surface area (Å²) >= 11 is 0. The molecule has 0 aliphatic heterocycles. The van der Waals surface area contributed by atoms with Gasteiger partial charge in [0, 0.05) is 12.5 Å². The molecule has 0 bridgehead atoms. The number of hydrogen-bond donors (Lipinski definition) is 1. The molecule has 0 unspecified atom stereocenters. The highest BCUT2D eigenvalue weighted by atomic mass is 16.1. The van der Waals surface area contributed by atoms with Crippen LogP contribution in [0, 0.1) is 0 Å². The van der Waals surface area contributed by atoms with Gasteiger partial charge in [-0.1, -0.05) is 12.2 Å². The lowest BCUT2D eigenvalue weighted by molar-refractivity contribution is -0.121. The number of carbonyl (C=O) groups excluding carboxylic acids is 1. The zero-order valence-corrected chi connectivity index (χ0v) is 7.55. The van der Waals surface area contributed by atoms with Gasteiger partial charge in [-0.15, -0.1) is 0 Å². The van der Waals surface area contributed by atoms with Crippen LogP contribution in [0.15, 0.2) is 12.2 Å². The zero-order valence-electron chi connectivity index (χ0n) is 7.55. The van der Waals surface area contributed by atoms with Crippen LogP contribution in [0.25, 0.3) is 0 Å². The minimum atomic E-state index is 0.137. The molecule has 0 saturated carbocycles. The summed E-state index contributed by atoms with van der Waals surface area (Å²) in [6.45, 7) is 5.89. The van der Waals surface area contributed by atoms with E-state index in [1.54, 1.807) is 0 Å². The smallest absolute Gasteiger partial charge is 0.220 e. The molecule has 2 heteroatoms. The average Bonchev–Trinajstić information content (AvgIpc) is 1.86. The predicted molar refractivity (Wildman–Crippen MR) is 47.3 cm³/mol. The van der Waals surface area contributed by atoms with E-state index in [1.165, 1.54) is 0 Å². The maximum Gasteiger partial charge on any atom is 0.220 e. The number of rotatable bonds is 4. The predicted octanol–water partition coefficient (Wildman–Crippen LogP) is 1.87. The van der Waals surface area contributed by atoms with Gasteiger partial charge in [0.05, 0.1) is 0 Å². The van der Waals surface area contributed by atoms with Crippen molar-refractivity contribution in [1.29, 1.82) is 0 Å². The third-order valence-corrected chi connectivity index (χ3v) is 1.22. The van der Waals surface area contributed by atoms with E-state index in [1.807, 2.05) is 32.9 Å². The largest absolute Gasteiger partial charge is 0.354 e. The number of nitrogens with one attached hydrogen (secondary N) is 1. The molecule has 0 rings (SSSR count). The molecule has 1 N–H and O–H groups in total. The first-order chi connectivity index (χ1) is 5.16. The standard InChI is InChI=1S/C9H17NO/c1-4-5-6-7-9(11)10-8(2)3/h4-5,8H,6-7H2,1-3H3,(H,10,11)/b5-4+. The Balaban J connectivity index is 3.37. The fourth-order valence-electron chi connectivity index (χ4n) is 0.775. The number of allylic oxidation sites excluding steroid dienone is 2. The van der Waals surface area contributed by atoms with Crippen LogP contribution in [-0.2, 0) is 4.79 Å².